The van der Waals surface area contributed by atoms with Crippen molar-refractivity contribution in [3.05, 3.63) is 34.8 Å². The molecule has 1 aromatic heterocycles. The predicted molar refractivity (Wildman–Crippen MR) is 103 cm³/mol. The highest BCUT2D eigenvalue weighted by atomic mass is 32.1. The Hall–Kier alpha value is -2.12. The monoisotopic (exact) mass is 375 g/mol. The van der Waals surface area contributed by atoms with Crippen LogP contribution in [0.4, 0.5) is 5.13 Å². The molecular formula is C19H25N3O3S. The Morgan fingerprint density at radius 1 is 1.27 bits per heavy atom. The van der Waals surface area contributed by atoms with Crippen LogP contribution in [0.25, 0.3) is 0 Å². The number of carbonyl (C=O) groups is 1. The number of rotatable bonds is 7. The predicted octanol–water partition coefficient (Wildman–Crippen LogP) is 3.46. The molecule has 1 saturated heterocycles. The van der Waals surface area contributed by atoms with Gasteiger partial charge in [-0.05, 0) is 50.6 Å². The number of thiazole rings is 1. The van der Waals surface area contributed by atoms with E-state index in [1.54, 1.807) is 7.11 Å². The van der Waals surface area contributed by atoms with Crippen molar-refractivity contribution in [2.24, 2.45) is 0 Å². The van der Waals surface area contributed by atoms with Crippen molar-refractivity contribution in [2.45, 2.75) is 32.7 Å². The summed E-state index contributed by atoms with van der Waals surface area (Å²) in [5, 5.41) is 5.42. The molecule has 0 bridgehead atoms. The number of methoxy groups -OCH3 is 1. The van der Waals surface area contributed by atoms with Crippen molar-refractivity contribution in [2.75, 3.05) is 32.1 Å². The van der Waals surface area contributed by atoms with Crippen molar-refractivity contribution in [3.63, 3.8) is 0 Å². The largest absolute Gasteiger partial charge is 0.493 e. The second-order valence-corrected chi connectivity index (χ2v) is 7.33. The minimum Gasteiger partial charge on any atom is -0.493 e. The zero-order chi connectivity index (χ0) is 18.4. The van der Waals surface area contributed by atoms with Crippen molar-refractivity contribution in [3.8, 4) is 11.5 Å². The Kier molecular flexibility index (Phi) is 6.46. The molecule has 2 aromatic rings. The molecule has 0 saturated carbocycles. The van der Waals surface area contributed by atoms with Gasteiger partial charge >= 0.3 is 0 Å². The first-order valence-corrected chi connectivity index (χ1v) is 9.76. The first kappa shape index (κ1) is 18.7. The van der Waals surface area contributed by atoms with E-state index >= 15 is 0 Å². The van der Waals surface area contributed by atoms with Crippen LogP contribution in [0.1, 0.15) is 30.5 Å². The number of hydrogen-bond donors (Lipinski definition) is 1. The molecule has 0 atom stereocenters. The number of carbonyl (C=O) groups excluding carboxylic acids is 1. The van der Waals surface area contributed by atoms with E-state index in [4.69, 9.17) is 9.47 Å². The molecule has 0 radical (unpaired) electrons. The van der Waals surface area contributed by atoms with Crippen molar-refractivity contribution in [1.82, 2.24) is 9.88 Å². The van der Waals surface area contributed by atoms with E-state index in [0.29, 0.717) is 16.6 Å². The average molecular weight is 375 g/mol. The van der Waals surface area contributed by atoms with Gasteiger partial charge in [0, 0.05) is 11.9 Å². The SMILES string of the molecule is COc1cc(C)ccc1OCC(=O)Nc1nc(CN2CCCCC2)cs1. The maximum absolute atomic E-state index is 12.1. The summed E-state index contributed by atoms with van der Waals surface area (Å²) >= 11 is 1.45. The van der Waals surface area contributed by atoms with Gasteiger partial charge < -0.3 is 9.47 Å². The molecule has 7 heteroatoms. The van der Waals surface area contributed by atoms with E-state index in [1.807, 2.05) is 30.5 Å². The molecule has 0 aliphatic carbocycles. The van der Waals surface area contributed by atoms with Gasteiger partial charge in [-0.1, -0.05) is 12.5 Å². The summed E-state index contributed by atoms with van der Waals surface area (Å²) in [7, 11) is 1.58. The van der Waals surface area contributed by atoms with Crippen LogP contribution in [0.15, 0.2) is 23.6 Å². The molecule has 1 amide bonds. The van der Waals surface area contributed by atoms with Crippen molar-refractivity contribution < 1.29 is 14.3 Å². The average Bonchev–Trinajstić information content (AvgIpc) is 3.08. The number of nitrogens with one attached hydrogen (secondary N) is 1. The molecular weight excluding hydrogens is 350 g/mol. The number of anilines is 1. The Bertz CT molecular complexity index is 741. The molecule has 140 valence electrons. The lowest BCUT2D eigenvalue weighted by Gasteiger charge is -2.25. The van der Waals surface area contributed by atoms with Gasteiger partial charge in [0.1, 0.15) is 0 Å². The summed E-state index contributed by atoms with van der Waals surface area (Å²) in [5.41, 5.74) is 2.08. The third kappa shape index (κ3) is 5.19. The van der Waals surface area contributed by atoms with Crippen LogP contribution < -0.4 is 14.8 Å². The van der Waals surface area contributed by atoms with Gasteiger partial charge in [0.15, 0.2) is 23.2 Å². The number of amides is 1. The number of piperidine rings is 1. The Balaban J connectivity index is 1.49. The number of aromatic nitrogens is 1. The van der Waals surface area contributed by atoms with E-state index in [-0.39, 0.29) is 12.5 Å². The fourth-order valence-corrected chi connectivity index (χ4v) is 3.69. The van der Waals surface area contributed by atoms with Crippen molar-refractivity contribution in [1.29, 1.82) is 0 Å². The lowest BCUT2D eigenvalue weighted by molar-refractivity contribution is -0.118. The van der Waals surface area contributed by atoms with E-state index < -0.39 is 0 Å². The molecule has 6 nitrogen and oxygen atoms in total. The van der Waals surface area contributed by atoms with Gasteiger partial charge in [-0.2, -0.15) is 0 Å². The second kappa shape index (κ2) is 9.00. The van der Waals surface area contributed by atoms with Gasteiger partial charge in [-0.25, -0.2) is 4.98 Å². The quantitative estimate of drug-likeness (QED) is 0.803. The summed E-state index contributed by atoms with van der Waals surface area (Å²) in [4.78, 5) is 19.1. The zero-order valence-electron chi connectivity index (χ0n) is 15.3. The molecule has 1 fully saturated rings. The van der Waals surface area contributed by atoms with E-state index in [9.17, 15) is 4.79 Å². The number of ether oxygens (including phenoxy) is 2. The maximum Gasteiger partial charge on any atom is 0.264 e. The summed E-state index contributed by atoms with van der Waals surface area (Å²) in [5.74, 6) is 0.945. The topological polar surface area (TPSA) is 63.7 Å². The number of aryl methyl sites for hydroxylation is 1. The zero-order valence-corrected chi connectivity index (χ0v) is 16.1. The number of hydrogen-bond acceptors (Lipinski definition) is 6. The second-order valence-electron chi connectivity index (χ2n) is 6.47. The normalized spacial score (nSPS) is 14.8. The fourth-order valence-electron chi connectivity index (χ4n) is 2.98. The van der Waals surface area contributed by atoms with Crippen molar-refractivity contribution >= 4 is 22.4 Å². The van der Waals surface area contributed by atoms with Crippen LogP contribution in [0.3, 0.4) is 0 Å². The summed E-state index contributed by atoms with van der Waals surface area (Å²) in [6.07, 6.45) is 3.84. The molecule has 26 heavy (non-hydrogen) atoms. The van der Waals surface area contributed by atoms with Crippen LogP contribution in [0, 0.1) is 6.92 Å². The van der Waals surface area contributed by atoms with Gasteiger partial charge in [-0.15, -0.1) is 11.3 Å². The van der Waals surface area contributed by atoms with E-state index in [0.717, 1.165) is 30.9 Å². The lowest BCUT2D eigenvalue weighted by atomic mass is 10.1. The standard InChI is InChI=1S/C19H25N3O3S/c1-14-6-7-16(17(10-14)24-2)25-12-18(23)21-19-20-15(13-26-19)11-22-8-4-3-5-9-22/h6-7,10,13H,3-5,8-9,11-12H2,1-2H3,(H,20,21,23). The Morgan fingerprint density at radius 3 is 2.85 bits per heavy atom. The Morgan fingerprint density at radius 2 is 2.08 bits per heavy atom. The van der Waals surface area contributed by atoms with E-state index in [1.165, 1.54) is 30.6 Å². The van der Waals surface area contributed by atoms with Crippen LogP contribution in [0.2, 0.25) is 0 Å². The summed E-state index contributed by atoms with van der Waals surface area (Å²) < 4.78 is 10.9. The first-order valence-electron chi connectivity index (χ1n) is 8.88. The molecule has 0 unspecified atom stereocenters. The Labute approximate surface area is 158 Å². The van der Waals surface area contributed by atoms with Gasteiger partial charge in [-0.3, -0.25) is 15.0 Å². The number of nitrogens with zero attached hydrogens (tertiary/aromatic N) is 2. The van der Waals surface area contributed by atoms with Crippen LogP contribution in [-0.4, -0.2) is 42.6 Å². The lowest BCUT2D eigenvalue weighted by Crippen LogP contribution is -2.29. The molecule has 1 N–H and O–H groups in total. The minimum atomic E-state index is -0.230. The highest BCUT2D eigenvalue weighted by molar-refractivity contribution is 7.13. The number of benzene rings is 1. The van der Waals surface area contributed by atoms with E-state index in [2.05, 4.69) is 15.2 Å². The van der Waals surface area contributed by atoms with Gasteiger partial charge in [0.05, 0.1) is 12.8 Å². The molecule has 1 aromatic carbocycles. The fraction of sp³-hybridized carbons (Fsp3) is 0.474. The summed E-state index contributed by atoms with van der Waals surface area (Å²) in [6.45, 7) is 5.00. The minimum absolute atomic E-state index is 0.0829. The number of likely N-dealkylation sites (tertiary alicyclic amines) is 1. The van der Waals surface area contributed by atoms with Crippen LogP contribution in [-0.2, 0) is 11.3 Å². The molecule has 2 heterocycles. The van der Waals surface area contributed by atoms with Gasteiger partial charge in [0.2, 0.25) is 0 Å². The smallest absolute Gasteiger partial charge is 0.264 e. The van der Waals surface area contributed by atoms with Crippen LogP contribution >= 0.6 is 11.3 Å². The van der Waals surface area contributed by atoms with Gasteiger partial charge in [0.25, 0.3) is 5.91 Å². The highest BCUT2D eigenvalue weighted by Gasteiger charge is 2.14. The molecule has 3 rings (SSSR count). The maximum atomic E-state index is 12.1. The third-order valence-corrected chi connectivity index (χ3v) is 5.12. The highest BCUT2D eigenvalue weighted by Crippen LogP contribution is 2.27. The first-order chi connectivity index (χ1) is 12.6. The molecule has 1 aliphatic rings. The summed E-state index contributed by atoms with van der Waals surface area (Å²) in [6, 6.07) is 5.60. The van der Waals surface area contributed by atoms with Crippen LogP contribution in [0.5, 0.6) is 11.5 Å². The molecule has 0 spiro atoms. The third-order valence-electron chi connectivity index (χ3n) is 4.31. The molecule has 1 aliphatic heterocycles.